The molecule has 2 heterocycles. The van der Waals surface area contributed by atoms with Gasteiger partial charge in [-0.05, 0) is 25.7 Å². The van der Waals surface area contributed by atoms with E-state index in [1.54, 1.807) is 6.92 Å². The largest absolute Gasteiger partial charge is 0.389 e. The van der Waals surface area contributed by atoms with E-state index in [2.05, 4.69) is 15.3 Å². The van der Waals surface area contributed by atoms with Crippen LogP contribution in [0.4, 0.5) is 5.82 Å². The number of rotatable bonds is 4. The first kappa shape index (κ1) is 15.8. The summed E-state index contributed by atoms with van der Waals surface area (Å²) in [5.74, 6) is 1.58. The van der Waals surface area contributed by atoms with Gasteiger partial charge in [-0.15, -0.1) is 0 Å². The Hall–Kier alpha value is -1.63. The van der Waals surface area contributed by atoms with Crippen LogP contribution in [0.1, 0.15) is 31.0 Å². The number of hydrogen-bond acceptors (Lipinski definition) is 4. The highest BCUT2D eigenvalue weighted by Crippen LogP contribution is 2.27. The molecule has 0 bridgehead atoms. The molecule has 0 radical (unpaired) electrons. The summed E-state index contributed by atoms with van der Waals surface area (Å²) in [5.41, 5.74) is 7.61. The summed E-state index contributed by atoms with van der Waals surface area (Å²) >= 11 is 5.16. The predicted octanol–water partition coefficient (Wildman–Crippen LogP) is 0.715. The Kier molecular flexibility index (Phi) is 4.82. The van der Waals surface area contributed by atoms with Crippen molar-refractivity contribution in [3.63, 3.8) is 0 Å². The van der Waals surface area contributed by atoms with E-state index in [9.17, 15) is 4.79 Å². The summed E-state index contributed by atoms with van der Waals surface area (Å²) in [5, 5.41) is 7.34. The fourth-order valence-corrected chi connectivity index (χ4v) is 3.17. The van der Waals surface area contributed by atoms with Crippen LogP contribution in [0.3, 0.4) is 0 Å². The molecular formula is C14H23N5OS. The van der Waals surface area contributed by atoms with Crippen LogP contribution < -0.4 is 16.0 Å². The van der Waals surface area contributed by atoms with Crippen molar-refractivity contribution in [1.82, 2.24) is 15.1 Å². The summed E-state index contributed by atoms with van der Waals surface area (Å²) in [7, 11) is 1.92. The van der Waals surface area contributed by atoms with Gasteiger partial charge < -0.3 is 16.0 Å². The minimum Gasteiger partial charge on any atom is -0.389 e. The number of aryl methyl sites for hydroxylation is 2. The van der Waals surface area contributed by atoms with Crippen molar-refractivity contribution in [2.24, 2.45) is 18.7 Å². The van der Waals surface area contributed by atoms with Crippen molar-refractivity contribution in [3.05, 3.63) is 11.3 Å². The lowest BCUT2D eigenvalue weighted by atomic mass is 9.96. The predicted molar refractivity (Wildman–Crippen MR) is 87.5 cm³/mol. The van der Waals surface area contributed by atoms with E-state index >= 15 is 0 Å². The van der Waals surface area contributed by atoms with Crippen LogP contribution in [0.25, 0.3) is 0 Å². The van der Waals surface area contributed by atoms with Crippen molar-refractivity contribution >= 4 is 28.9 Å². The van der Waals surface area contributed by atoms with Gasteiger partial charge in [0.05, 0.1) is 11.3 Å². The molecule has 0 aliphatic carbocycles. The minimum atomic E-state index is 0.0375. The van der Waals surface area contributed by atoms with Gasteiger partial charge in [0.2, 0.25) is 5.91 Å². The molecule has 3 N–H and O–H groups in total. The number of carbonyl (C=O) groups is 1. The maximum absolute atomic E-state index is 11.0. The summed E-state index contributed by atoms with van der Waals surface area (Å²) in [4.78, 5) is 13.7. The Bertz CT molecular complexity index is 546. The third kappa shape index (κ3) is 3.53. The van der Waals surface area contributed by atoms with E-state index in [-0.39, 0.29) is 5.91 Å². The SMILES string of the molecule is CC(=O)NCC1CCN(c2c(C(N)=S)c(C)nn2C)CC1. The van der Waals surface area contributed by atoms with Gasteiger partial charge in [-0.2, -0.15) is 5.10 Å². The van der Waals surface area contributed by atoms with Crippen molar-refractivity contribution in [2.45, 2.75) is 26.7 Å². The van der Waals surface area contributed by atoms with E-state index in [0.717, 1.165) is 49.6 Å². The van der Waals surface area contributed by atoms with E-state index in [4.69, 9.17) is 18.0 Å². The fraction of sp³-hybridized carbons (Fsp3) is 0.643. The Morgan fingerprint density at radius 1 is 1.48 bits per heavy atom. The molecule has 1 saturated heterocycles. The minimum absolute atomic E-state index is 0.0375. The van der Waals surface area contributed by atoms with E-state index in [0.29, 0.717) is 10.9 Å². The molecule has 0 spiro atoms. The first-order chi connectivity index (χ1) is 9.90. The number of aromatic nitrogens is 2. The molecule has 116 valence electrons. The average molecular weight is 309 g/mol. The van der Waals surface area contributed by atoms with Gasteiger partial charge in [-0.3, -0.25) is 9.48 Å². The van der Waals surface area contributed by atoms with Crippen molar-refractivity contribution < 1.29 is 4.79 Å². The molecule has 2 rings (SSSR count). The molecule has 1 fully saturated rings. The first-order valence-electron chi connectivity index (χ1n) is 7.23. The molecule has 1 aliphatic heterocycles. The van der Waals surface area contributed by atoms with E-state index in [1.807, 2.05) is 18.7 Å². The number of piperidine rings is 1. The second-order valence-electron chi connectivity index (χ2n) is 5.64. The molecule has 0 unspecified atom stereocenters. The third-order valence-electron chi connectivity index (χ3n) is 3.99. The van der Waals surface area contributed by atoms with Crippen LogP contribution in [-0.2, 0) is 11.8 Å². The molecule has 21 heavy (non-hydrogen) atoms. The van der Waals surface area contributed by atoms with Gasteiger partial charge in [-0.1, -0.05) is 12.2 Å². The standard InChI is InChI=1S/C14H23N5OS/c1-9-12(13(15)21)14(18(3)17-9)19-6-4-11(5-7-19)8-16-10(2)20/h11H,4-8H2,1-3H3,(H2,15,21)(H,16,20). The summed E-state index contributed by atoms with van der Waals surface area (Å²) in [6, 6.07) is 0. The summed E-state index contributed by atoms with van der Waals surface area (Å²) in [6.07, 6.45) is 2.09. The van der Waals surface area contributed by atoms with Crippen molar-refractivity contribution in [1.29, 1.82) is 0 Å². The van der Waals surface area contributed by atoms with E-state index in [1.165, 1.54) is 0 Å². The summed E-state index contributed by atoms with van der Waals surface area (Å²) in [6.45, 7) is 6.11. The normalized spacial score (nSPS) is 16.0. The zero-order valence-corrected chi connectivity index (χ0v) is 13.7. The van der Waals surface area contributed by atoms with Gasteiger partial charge in [0, 0.05) is 33.6 Å². The summed E-state index contributed by atoms with van der Waals surface area (Å²) < 4.78 is 1.86. The highest BCUT2D eigenvalue weighted by Gasteiger charge is 2.25. The van der Waals surface area contributed by atoms with Crippen LogP contribution >= 0.6 is 12.2 Å². The molecule has 0 atom stereocenters. The number of thiocarbonyl (C=S) groups is 1. The Morgan fingerprint density at radius 2 is 2.10 bits per heavy atom. The lowest BCUT2D eigenvalue weighted by Gasteiger charge is -2.34. The fourth-order valence-electron chi connectivity index (χ4n) is 2.93. The van der Waals surface area contributed by atoms with Crippen LogP contribution in [0.5, 0.6) is 0 Å². The van der Waals surface area contributed by atoms with Gasteiger partial charge in [0.15, 0.2) is 0 Å². The Labute approximate surface area is 130 Å². The zero-order chi connectivity index (χ0) is 15.6. The second kappa shape index (κ2) is 6.43. The lowest BCUT2D eigenvalue weighted by Crippen LogP contribution is -2.39. The molecule has 6 nitrogen and oxygen atoms in total. The van der Waals surface area contributed by atoms with Crippen molar-refractivity contribution in [2.75, 3.05) is 24.5 Å². The number of nitrogens with two attached hydrogens (primary N) is 1. The number of carbonyl (C=O) groups excluding carboxylic acids is 1. The molecular weight excluding hydrogens is 286 g/mol. The topological polar surface area (TPSA) is 76.2 Å². The maximum Gasteiger partial charge on any atom is 0.216 e. The van der Waals surface area contributed by atoms with Crippen LogP contribution in [0.15, 0.2) is 0 Å². The Balaban J connectivity index is 2.06. The maximum atomic E-state index is 11.0. The van der Waals surface area contributed by atoms with Crippen LogP contribution in [-0.4, -0.2) is 40.3 Å². The zero-order valence-electron chi connectivity index (χ0n) is 12.8. The van der Waals surface area contributed by atoms with Gasteiger partial charge in [0.25, 0.3) is 0 Å². The van der Waals surface area contributed by atoms with Crippen molar-refractivity contribution in [3.8, 4) is 0 Å². The number of anilines is 1. The third-order valence-corrected chi connectivity index (χ3v) is 4.20. The number of nitrogens with one attached hydrogen (secondary N) is 1. The smallest absolute Gasteiger partial charge is 0.216 e. The second-order valence-corrected chi connectivity index (χ2v) is 6.08. The number of amides is 1. The molecule has 1 aromatic rings. The molecule has 7 heteroatoms. The monoisotopic (exact) mass is 309 g/mol. The first-order valence-corrected chi connectivity index (χ1v) is 7.63. The van der Waals surface area contributed by atoms with E-state index < -0.39 is 0 Å². The molecule has 0 saturated carbocycles. The number of nitrogens with zero attached hydrogens (tertiary/aromatic N) is 3. The Morgan fingerprint density at radius 3 is 2.62 bits per heavy atom. The molecule has 1 aliphatic rings. The van der Waals surface area contributed by atoms with Gasteiger partial charge in [0.1, 0.15) is 10.8 Å². The molecule has 0 aromatic carbocycles. The molecule has 1 amide bonds. The quantitative estimate of drug-likeness (QED) is 0.801. The van der Waals surface area contributed by atoms with Crippen LogP contribution in [0.2, 0.25) is 0 Å². The number of hydrogen-bond donors (Lipinski definition) is 2. The lowest BCUT2D eigenvalue weighted by molar-refractivity contribution is -0.119. The van der Waals surface area contributed by atoms with Gasteiger partial charge in [-0.25, -0.2) is 0 Å². The van der Waals surface area contributed by atoms with Crippen LogP contribution in [0, 0.1) is 12.8 Å². The van der Waals surface area contributed by atoms with Gasteiger partial charge >= 0.3 is 0 Å². The molecule has 1 aromatic heterocycles. The average Bonchev–Trinajstić information content (AvgIpc) is 2.72. The highest BCUT2D eigenvalue weighted by molar-refractivity contribution is 7.80. The highest BCUT2D eigenvalue weighted by atomic mass is 32.1.